The number of fused-ring (bicyclic) bond motifs is 1. The summed E-state index contributed by atoms with van der Waals surface area (Å²) in [6, 6.07) is 28.6. The molecule has 0 saturated heterocycles. The number of carbonyl (C=O) groups is 1. The van der Waals surface area contributed by atoms with E-state index in [-0.39, 0.29) is 35.2 Å². The first-order valence-corrected chi connectivity index (χ1v) is 12.3. The van der Waals surface area contributed by atoms with Crippen LogP contribution in [0.1, 0.15) is 16.7 Å². The van der Waals surface area contributed by atoms with Crippen molar-refractivity contribution in [3.63, 3.8) is 0 Å². The Hall–Kier alpha value is -5.41. The van der Waals surface area contributed by atoms with Gasteiger partial charge in [-0.25, -0.2) is 0 Å². The summed E-state index contributed by atoms with van der Waals surface area (Å²) >= 11 is 0. The standard InChI is InChI=1S/C31H24N4O5/c36-18-23-16-29(30(38)17-28(23)34-32-24-8-10-25(11-9-24)40-19-37)35-33-27-13-7-22-15-21(6-12-26(22)31(27)39)14-20-4-2-1-3-5-20/h1-13,15-17,19,36,38-39H,14,18H2. The highest BCUT2D eigenvalue weighted by Gasteiger charge is 2.11. The fourth-order valence-electron chi connectivity index (χ4n) is 4.15. The third-order valence-electron chi connectivity index (χ3n) is 6.19. The predicted octanol–water partition coefficient (Wildman–Crippen LogP) is 7.70. The normalized spacial score (nSPS) is 11.4. The van der Waals surface area contributed by atoms with Gasteiger partial charge in [-0.1, -0.05) is 54.6 Å². The van der Waals surface area contributed by atoms with Gasteiger partial charge in [0.05, 0.1) is 18.0 Å². The minimum Gasteiger partial charge on any atom is -0.506 e. The van der Waals surface area contributed by atoms with Crippen LogP contribution in [0.2, 0.25) is 0 Å². The molecule has 40 heavy (non-hydrogen) atoms. The highest BCUT2D eigenvalue weighted by Crippen LogP contribution is 2.39. The topological polar surface area (TPSA) is 136 Å². The van der Waals surface area contributed by atoms with Gasteiger partial charge < -0.3 is 20.1 Å². The maximum atomic E-state index is 10.8. The Morgan fingerprint density at radius 2 is 1.45 bits per heavy atom. The van der Waals surface area contributed by atoms with Gasteiger partial charge in [-0.3, -0.25) is 4.79 Å². The number of aromatic hydroxyl groups is 2. The monoisotopic (exact) mass is 532 g/mol. The molecule has 0 atom stereocenters. The number of ether oxygens (including phenoxy) is 1. The minimum atomic E-state index is -0.379. The molecule has 5 aromatic carbocycles. The van der Waals surface area contributed by atoms with Crippen LogP contribution in [0.25, 0.3) is 10.8 Å². The molecule has 0 saturated carbocycles. The van der Waals surface area contributed by atoms with Gasteiger partial charge in [0.2, 0.25) is 0 Å². The maximum Gasteiger partial charge on any atom is 0.298 e. The van der Waals surface area contributed by atoms with E-state index in [4.69, 9.17) is 4.74 Å². The van der Waals surface area contributed by atoms with E-state index in [9.17, 15) is 20.1 Å². The van der Waals surface area contributed by atoms with Crippen molar-refractivity contribution in [2.24, 2.45) is 20.5 Å². The van der Waals surface area contributed by atoms with Gasteiger partial charge in [-0.2, -0.15) is 10.2 Å². The second-order valence-electron chi connectivity index (χ2n) is 8.89. The number of aliphatic hydroxyl groups excluding tert-OH is 1. The number of hydrogen-bond acceptors (Lipinski definition) is 9. The number of nitrogens with zero attached hydrogens (tertiary/aromatic N) is 4. The number of hydrogen-bond donors (Lipinski definition) is 3. The van der Waals surface area contributed by atoms with Crippen LogP contribution in [0.3, 0.4) is 0 Å². The van der Waals surface area contributed by atoms with Gasteiger partial charge >= 0.3 is 0 Å². The lowest BCUT2D eigenvalue weighted by Crippen LogP contribution is -1.88. The molecule has 198 valence electrons. The molecule has 0 aliphatic heterocycles. The highest BCUT2D eigenvalue weighted by atomic mass is 16.5. The molecular formula is C31H24N4O5. The molecule has 0 amide bonds. The molecule has 5 aromatic rings. The first-order valence-electron chi connectivity index (χ1n) is 12.3. The van der Waals surface area contributed by atoms with Crippen molar-refractivity contribution < 1.29 is 24.9 Å². The van der Waals surface area contributed by atoms with E-state index >= 15 is 0 Å². The quantitative estimate of drug-likeness (QED) is 0.132. The number of aliphatic hydroxyl groups is 1. The predicted molar refractivity (Wildman–Crippen MR) is 150 cm³/mol. The van der Waals surface area contributed by atoms with Crippen LogP contribution in [0, 0.1) is 0 Å². The number of rotatable bonds is 9. The summed E-state index contributed by atoms with van der Waals surface area (Å²) < 4.78 is 4.74. The Morgan fingerprint density at radius 3 is 2.20 bits per heavy atom. The highest BCUT2D eigenvalue weighted by molar-refractivity contribution is 5.92. The zero-order valence-corrected chi connectivity index (χ0v) is 21.2. The Kier molecular flexibility index (Phi) is 7.84. The average molecular weight is 533 g/mol. The van der Waals surface area contributed by atoms with Crippen LogP contribution >= 0.6 is 0 Å². The average Bonchev–Trinajstić information content (AvgIpc) is 2.98. The van der Waals surface area contributed by atoms with E-state index in [0.29, 0.717) is 28.9 Å². The third kappa shape index (κ3) is 6.01. The molecule has 0 aromatic heterocycles. The molecule has 0 fully saturated rings. The molecule has 3 N–H and O–H groups in total. The number of benzene rings is 5. The summed E-state index contributed by atoms with van der Waals surface area (Å²) in [5.74, 6) is 0.113. The van der Waals surface area contributed by atoms with Gasteiger partial charge in [0, 0.05) is 17.0 Å². The maximum absolute atomic E-state index is 10.8. The zero-order valence-electron chi connectivity index (χ0n) is 21.2. The molecule has 0 spiro atoms. The molecule has 9 nitrogen and oxygen atoms in total. The second-order valence-corrected chi connectivity index (χ2v) is 8.89. The van der Waals surface area contributed by atoms with Crippen LogP contribution in [0.4, 0.5) is 22.7 Å². The molecule has 0 aliphatic rings. The van der Waals surface area contributed by atoms with E-state index in [1.54, 1.807) is 30.3 Å². The van der Waals surface area contributed by atoms with E-state index < -0.39 is 0 Å². The van der Waals surface area contributed by atoms with E-state index in [1.807, 2.05) is 42.5 Å². The summed E-state index contributed by atoms with van der Waals surface area (Å²) in [5.41, 5.74) is 3.73. The summed E-state index contributed by atoms with van der Waals surface area (Å²) in [6.45, 7) is -0.0500. The van der Waals surface area contributed by atoms with E-state index in [0.717, 1.165) is 17.4 Å². The minimum absolute atomic E-state index is 0.0237. The van der Waals surface area contributed by atoms with Crippen molar-refractivity contribution in [3.8, 4) is 17.2 Å². The molecule has 0 aliphatic carbocycles. The molecule has 0 bridgehead atoms. The van der Waals surface area contributed by atoms with E-state index in [2.05, 4.69) is 32.6 Å². The van der Waals surface area contributed by atoms with Crippen LogP contribution < -0.4 is 4.74 Å². The van der Waals surface area contributed by atoms with Crippen molar-refractivity contribution >= 4 is 40.0 Å². The molecule has 0 radical (unpaired) electrons. The molecule has 5 rings (SSSR count). The lowest BCUT2D eigenvalue weighted by atomic mass is 10.0. The Labute approximate surface area is 229 Å². The van der Waals surface area contributed by atoms with Gasteiger partial charge in [-0.05, 0) is 59.3 Å². The number of phenols is 2. The number of carbonyl (C=O) groups excluding carboxylic acids is 1. The van der Waals surface area contributed by atoms with Crippen LogP contribution in [0.15, 0.2) is 118 Å². The fourth-order valence-corrected chi connectivity index (χ4v) is 4.15. The summed E-state index contributed by atoms with van der Waals surface area (Å²) in [6.07, 6.45) is 0.781. The van der Waals surface area contributed by atoms with E-state index in [1.165, 1.54) is 17.7 Å². The van der Waals surface area contributed by atoms with Crippen molar-refractivity contribution in [1.29, 1.82) is 0 Å². The Morgan fingerprint density at radius 1 is 0.700 bits per heavy atom. The molecular weight excluding hydrogens is 508 g/mol. The van der Waals surface area contributed by atoms with Gasteiger partial charge in [-0.15, -0.1) is 10.2 Å². The molecule has 9 heteroatoms. The van der Waals surface area contributed by atoms with Gasteiger partial charge in [0.1, 0.15) is 22.9 Å². The fraction of sp³-hybridized carbons (Fsp3) is 0.0645. The summed E-state index contributed by atoms with van der Waals surface area (Å²) in [4.78, 5) is 10.4. The smallest absolute Gasteiger partial charge is 0.298 e. The summed E-state index contributed by atoms with van der Waals surface area (Å²) in [7, 11) is 0. The van der Waals surface area contributed by atoms with Crippen molar-refractivity contribution in [2.75, 3.05) is 0 Å². The summed E-state index contributed by atoms with van der Waals surface area (Å²) in [5, 5.41) is 49.2. The number of phenolic OH excluding ortho intramolecular Hbond substituents is 2. The second kappa shape index (κ2) is 12.0. The Bertz CT molecular complexity index is 1720. The first kappa shape index (κ1) is 26.2. The Balaban J connectivity index is 1.36. The molecule has 0 heterocycles. The lowest BCUT2D eigenvalue weighted by molar-refractivity contribution is -0.120. The first-order chi connectivity index (χ1) is 19.5. The van der Waals surface area contributed by atoms with Gasteiger partial charge in [0.25, 0.3) is 6.47 Å². The van der Waals surface area contributed by atoms with Crippen molar-refractivity contribution in [1.82, 2.24) is 0 Å². The van der Waals surface area contributed by atoms with Crippen molar-refractivity contribution in [3.05, 3.63) is 114 Å². The van der Waals surface area contributed by atoms with Gasteiger partial charge in [0.15, 0.2) is 5.75 Å². The number of azo groups is 2. The SMILES string of the molecule is O=COc1ccc(N=Nc2cc(O)c(N=Nc3ccc4cc(Cc5ccccc5)ccc4c3O)cc2CO)cc1. The van der Waals surface area contributed by atoms with Crippen LogP contribution in [-0.2, 0) is 17.8 Å². The largest absolute Gasteiger partial charge is 0.506 e. The van der Waals surface area contributed by atoms with Crippen LogP contribution in [0.5, 0.6) is 17.2 Å². The third-order valence-corrected chi connectivity index (χ3v) is 6.19. The lowest BCUT2D eigenvalue weighted by Gasteiger charge is -2.08. The van der Waals surface area contributed by atoms with Crippen LogP contribution in [-0.4, -0.2) is 21.8 Å². The van der Waals surface area contributed by atoms with Crippen molar-refractivity contribution in [2.45, 2.75) is 13.0 Å². The zero-order chi connectivity index (χ0) is 27.9. The molecule has 0 unspecified atom stereocenters.